The summed E-state index contributed by atoms with van der Waals surface area (Å²) in [5.74, 6) is 0.930. The van der Waals surface area contributed by atoms with Crippen LogP contribution < -0.4 is 9.47 Å². The van der Waals surface area contributed by atoms with E-state index in [1.54, 1.807) is 29.2 Å². The molecule has 0 N–H and O–H groups in total. The Kier molecular flexibility index (Phi) is 7.69. The molecule has 1 fully saturated rings. The molecule has 7 nitrogen and oxygen atoms in total. The second-order valence-corrected chi connectivity index (χ2v) is 8.93. The predicted molar refractivity (Wildman–Crippen MR) is 128 cm³/mol. The minimum absolute atomic E-state index is 0.0257. The van der Waals surface area contributed by atoms with Crippen molar-refractivity contribution in [3.63, 3.8) is 0 Å². The first kappa shape index (κ1) is 23.2. The molecule has 0 bridgehead atoms. The molecule has 1 aliphatic rings. The molecule has 31 heavy (non-hydrogen) atoms. The molecule has 0 unspecified atom stereocenters. The average Bonchev–Trinajstić information content (AvgIpc) is 3.00. The normalized spacial score (nSPS) is 14.9. The number of nitro benzene ring substituents is 1. The molecule has 0 radical (unpaired) electrons. The number of thiocarbonyl (C=S) groups is 1. The second-order valence-electron chi connectivity index (χ2n) is 6.40. The number of hydrogen-bond acceptors (Lipinski definition) is 7. The molecule has 1 saturated heterocycles. The molecule has 162 valence electrons. The maximum Gasteiger partial charge on any atom is 0.269 e. The number of non-ortho nitro benzene ring substituents is 1. The molecular formula is C21H19BrN2O5S2. The number of carbonyl (C=O) groups is 1. The Labute approximate surface area is 197 Å². The number of rotatable bonds is 8. The Hall–Kier alpha value is -2.43. The van der Waals surface area contributed by atoms with Crippen LogP contribution in [0.2, 0.25) is 0 Å². The van der Waals surface area contributed by atoms with Crippen LogP contribution in [0.4, 0.5) is 5.69 Å². The van der Waals surface area contributed by atoms with Crippen molar-refractivity contribution in [2.24, 2.45) is 0 Å². The van der Waals surface area contributed by atoms with E-state index in [4.69, 9.17) is 21.7 Å². The lowest BCUT2D eigenvalue weighted by atomic mass is 10.1. The molecule has 1 aliphatic heterocycles. The highest BCUT2D eigenvalue weighted by Gasteiger charge is 2.30. The Balaban J connectivity index is 1.83. The van der Waals surface area contributed by atoms with Gasteiger partial charge in [-0.25, -0.2) is 0 Å². The van der Waals surface area contributed by atoms with Crippen LogP contribution in [0.3, 0.4) is 0 Å². The number of halogens is 1. The van der Waals surface area contributed by atoms with Gasteiger partial charge in [-0.05, 0) is 71.2 Å². The van der Waals surface area contributed by atoms with Gasteiger partial charge in [0.15, 0.2) is 11.5 Å². The van der Waals surface area contributed by atoms with Crippen molar-refractivity contribution in [3.05, 3.63) is 67.0 Å². The predicted octanol–water partition coefficient (Wildman–Crippen LogP) is 5.56. The summed E-state index contributed by atoms with van der Waals surface area (Å²) in [5, 5.41) is 10.8. The van der Waals surface area contributed by atoms with Crippen molar-refractivity contribution in [2.75, 3.05) is 13.2 Å². The van der Waals surface area contributed by atoms with Gasteiger partial charge < -0.3 is 9.47 Å². The van der Waals surface area contributed by atoms with E-state index >= 15 is 0 Å². The van der Waals surface area contributed by atoms with Gasteiger partial charge in [-0.1, -0.05) is 24.0 Å². The maximum atomic E-state index is 12.5. The van der Waals surface area contributed by atoms with Crippen LogP contribution in [0.25, 0.3) is 6.08 Å². The van der Waals surface area contributed by atoms with Crippen LogP contribution in [-0.2, 0) is 11.4 Å². The smallest absolute Gasteiger partial charge is 0.269 e. The highest BCUT2D eigenvalue weighted by molar-refractivity contribution is 9.10. The van der Waals surface area contributed by atoms with Gasteiger partial charge in [0.25, 0.3) is 11.6 Å². The number of benzene rings is 2. The lowest BCUT2D eigenvalue weighted by Gasteiger charge is -2.15. The number of amides is 1. The molecular weight excluding hydrogens is 504 g/mol. The number of nitro groups is 1. The van der Waals surface area contributed by atoms with Gasteiger partial charge in [0.2, 0.25) is 0 Å². The highest BCUT2D eigenvalue weighted by Crippen LogP contribution is 2.39. The largest absolute Gasteiger partial charge is 0.490 e. The van der Waals surface area contributed by atoms with E-state index < -0.39 is 4.92 Å². The molecule has 0 aromatic heterocycles. The van der Waals surface area contributed by atoms with Gasteiger partial charge in [0.1, 0.15) is 10.9 Å². The minimum Gasteiger partial charge on any atom is -0.490 e. The SMILES string of the molecule is CCOc1cc(/C=C2\SC(=S)N(CC)C2=O)cc(Br)c1OCc1ccc([N+](=O)[O-])cc1. The molecule has 0 saturated carbocycles. The summed E-state index contributed by atoms with van der Waals surface area (Å²) in [6.45, 7) is 4.93. The van der Waals surface area contributed by atoms with E-state index in [1.807, 2.05) is 19.9 Å². The number of likely N-dealkylation sites (N-methyl/N-ethyl adjacent to an activating group) is 1. The highest BCUT2D eigenvalue weighted by atomic mass is 79.9. The molecule has 0 spiro atoms. The first-order chi connectivity index (χ1) is 14.8. The van der Waals surface area contributed by atoms with Gasteiger partial charge in [-0.15, -0.1) is 0 Å². The van der Waals surface area contributed by atoms with Crippen molar-refractivity contribution in [2.45, 2.75) is 20.5 Å². The van der Waals surface area contributed by atoms with E-state index in [0.717, 1.165) is 11.1 Å². The fraction of sp³-hybridized carbons (Fsp3) is 0.238. The monoisotopic (exact) mass is 522 g/mol. The lowest BCUT2D eigenvalue weighted by molar-refractivity contribution is -0.384. The summed E-state index contributed by atoms with van der Waals surface area (Å²) in [7, 11) is 0. The first-order valence-electron chi connectivity index (χ1n) is 9.41. The number of hydrogen-bond donors (Lipinski definition) is 0. The summed E-state index contributed by atoms with van der Waals surface area (Å²) < 4.78 is 12.9. The number of thioether (sulfide) groups is 1. The van der Waals surface area contributed by atoms with Gasteiger partial charge in [-0.2, -0.15) is 0 Å². The van der Waals surface area contributed by atoms with Crippen LogP contribution in [0.5, 0.6) is 11.5 Å². The fourth-order valence-electron chi connectivity index (χ4n) is 2.87. The molecule has 1 heterocycles. The van der Waals surface area contributed by atoms with Crippen molar-refractivity contribution in [1.82, 2.24) is 4.90 Å². The van der Waals surface area contributed by atoms with Crippen LogP contribution in [0.15, 0.2) is 45.8 Å². The van der Waals surface area contributed by atoms with Crippen molar-refractivity contribution >= 4 is 61.9 Å². The van der Waals surface area contributed by atoms with Crippen LogP contribution in [-0.4, -0.2) is 33.2 Å². The van der Waals surface area contributed by atoms with E-state index in [1.165, 1.54) is 23.9 Å². The molecule has 10 heteroatoms. The van der Waals surface area contributed by atoms with Crippen LogP contribution in [0.1, 0.15) is 25.0 Å². The number of ether oxygens (including phenoxy) is 2. The summed E-state index contributed by atoms with van der Waals surface area (Å²) >= 11 is 10.1. The van der Waals surface area contributed by atoms with Gasteiger partial charge in [0.05, 0.1) is 20.9 Å². The zero-order valence-corrected chi connectivity index (χ0v) is 20.0. The molecule has 2 aromatic rings. The molecule has 2 aromatic carbocycles. The fourth-order valence-corrected chi connectivity index (χ4v) is 4.83. The van der Waals surface area contributed by atoms with E-state index in [2.05, 4.69) is 15.9 Å². The second kappa shape index (κ2) is 10.3. The summed E-state index contributed by atoms with van der Waals surface area (Å²) in [6, 6.07) is 9.82. The topological polar surface area (TPSA) is 81.9 Å². The van der Waals surface area contributed by atoms with Crippen LogP contribution >= 0.6 is 39.9 Å². The molecule has 0 atom stereocenters. The summed E-state index contributed by atoms with van der Waals surface area (Å²) in [6.07, 6.45) is 1.78. The molecule has 1 amide bonds. The Bertz CT molecular complexity index is 1060. The van der Waals surface area contributed by atoms with E-state index in [9.17, 15) is 14.9 Å². The molecule has 3 rings (SSSR count). The van der Waals surface area contributed by atoms with Crippen molar-refractivity contribution < 1.29 is 19.2 Å². The zero-order valence-electron chi connectivity index (χ0n) is 16.8. The lowest BCUT2D eigenvalue weighted by Crippen LogP contribution is -2.27. The van der Waals surface area contributed by atoms with Crippen LogP contribution in [0, 0.1) is 10.1 Å². The van der Waals surface area contributed by atoms with Crippen molar-refractivity contribution in [1.29, 1.82) is 0 Å². The van der Waals surface area contributed by atoms with Gasteiger partial charge in [0, 0.05) is 18.7 Å². The standard InChI is InChI=1S/C21H19BrN2O5S2/c1-3-23-20(25)18(31-21(23)30)11-14-9-16(22)19(17(10-14)28-4-2)29-12-13-5-7-15(8-6-13)24(26)27/h5-11H,3-4,12H2,1-2H3/b18-11-. The quantitative estimate of drug-likeness (QED) is 0.194. The Morgan fingerprint density at radius 1 is 1.23 bits per heavy atom. The van der Waals surface area contributed by atoms with E-state index in [-0.39, 0.29) is 18.2 Å². The van der Waals surface area contributed by atoms with Crippen molar-refractivity contribution in [3.8, 4) is 11.5 Å². The minimum atomic E-state index is -0.443. The third-order valence-corrected chi connectivity index (χ3v) is 6.32. The first-order valence-corrected chi connectivity index (χ1v) is 11.4. The third kappa shape index (κ3) is 5.44. The number of carbonyl (C=O) groups excluding carboxylic acids is 1. The zero-order chi connectivity index (χ0) is 22.5. The Morgan fingerprint density at radius 3 is 2.52 bits per heavy atom. The summed E-state index contributed by atoms with van der Waals surface area (Å²) in [4.78, 5) is 25.0. The molecule has 0 aliphatic carbocycles. The average molecular weight is 523 g/mol. The Morgan fingerprint density at radius 2 is 1.94 bits per heavy atom. The third-order valence-electron chi connectivity index (χ3n) is 4.35. The summed E-state index contributed by atoms with van der Waals surface area (Å²) in [5.41, 5.74) is 1.58. The number of nitrogens with zero attached hydrogens (tertiary/aromatic N) is 2. The van der Waals surface area contributed by atoms with Gasteiger partial charge in [-0.3, -0.25) is 19.8 Å². The maximum absolute atomic E-state index is 12.5. The van der Waals surface area contributed by atoms with Gasteiger partial charge >= 0.3 is 0 Å². The van der Waals surface area contributed by atoms with E-state index in [0.29, 0.717) is 38.3 Å².